The van der Waals surface area contributed by atoms with Gasteiger partial charge in [0, 0.05) is 12.0 Å². The number of hydrazine groups is 1. The minimum Gasteiger partial charge on any atom is -0.369 e. The molecule has 0 saturated heterocycles. The number of nitrogens with zero attached hydrogens (tertiary/aromatic N) is 1. The van der Waals surface area contributed by atoms with E-state index >= 15 is 0 Å². The zero-order valence-electron chi connectivity index (χ0n) is 8.95. The van der Waals surface area contributed by atoms with Crippen LogP contribution in [0.3, 0.4) is 0 Å². The predicted molar refractivity (Wildman–Crippen MR) is 59.9 cm³/mol. The van der Waals surface area contributed by atoms with Crippen molar-refractivity contribution in [1.82, 2.24) is 10.9 Å². The third-order valence-electron chi connectivity index (χ3n) is 2.40. The summed E-state index contributed by atoms with van der Waals surface area (Å²) in [7, 11) is 0. The fourth-order valence-corrected chi connectivity index (χ4v) is 1.68. The Labute approximate surface area is 96.9 Å². The molecule has 1 heterocycles. The van der Waals surface area contributed by atoms with Crippen LogP contribution in [0.4, 0.5) is 8.78 Å². The molecule has 1 unspecified atom stereocenters. The van der Waals surface area contributed by atoms with Gasteiger partial charge in [0.15, 0.2) is 5.79 Å². The summed E-state index contributed by atoms with van der Waals surface area (Å²) in [5.74, 6) is -0.914. The summed E-state index contributed by atoms with van der Waals surface area (Å²) in [6.45, 7) is 0. The zero-order chi connectivity index (χ0) is 12.5. The third kappa shape index (κ3) is 2.69. The Morgan fingerprint density at radius 3 is 2.76 bits per heavy atom. The van der Waals surface area contributed by atoms with E-state index in [4.69, 9.17) is 11.5 Å². The van der Waals surface area contributed by atoms with Gasteiger partial charge in [0.05, 0.1) is 0 Å². The van der Waals surface area contributed by atoms with E-state index < -0.39 is 12.2 Å². The number of aliphatic imine (C=N–C) groups is 1. The largest absolute Gasteiger partial charge is 0.369 e. The lowest BCUT2D eigenvalue weighted by Gasteiger charge is -2.20. The number of alkyl halides is 2. The van der Waals surface area contributed by atoms with Crippen molar-refractivity contribution in [2.24, 2.45) is 16.5 Å². The molecular formula is C10H13F2N5. The first-order valence-corrected chi connectivity index (χ1v) is 5.03. The highest BCUT2D eigenvalue weighted by atomic mass is 19.3. The maximum absolute atomic E-state index is 12.5. The topological polar surface area (TPSA) is 88.5 Å². The number of guanidine groups is 1. The molecule has 2 rings (SSSR count). The van der Waals surface area contributed by atoms with Crippen LogP contribution in [0, 0.1) is 0 Å². The van der Waals surface area contributed by atoms with Gasteiger partial charge in [0.25, 0.3) is 6.43 Å². The van der Waals surface area contributed by atoms with Crippen molar-refractivity contribution >= 4 is 5.96 Å². The van der Waals surface area contributed by atoms with Crippen LogP contribution in [0.2, 0.25) is 0 Å². The van der Waals surface area contributed by atoms with Crippen LogP contribution in [-0.2, 0) is 6.42 Å². The quantitative estimate of drug-likeness (QED) is 0.608. The summed E-state index contributed by atoms with van der Waals surface area (Å²) in [6, 6.07) is 6.06. The molecule has 0 amide bonds. The van der Waals surface area contributed by atoms with E-state index in [2.05, 4.69) is 15.8 Å². The number of nitrogens with two attached hydrogens (primary N) is 2. The normalized spacial score (nSPS) is 23.6. The van der Waals surface area contributed by atoms with Gasteiger partial charge in [-0.25, -0.2) is 13.8 Å². The maximum atomic E-state index is 12.5. The molecule has 5 nitrogen and oxygen atoms in total. The van der Waals surface area contributed by atoms with E-state index in [0.717, 1.165) is 0 Å². The number of hydrogen-bond acceptors (Lipinski definition) is 5. The lowest BCUT2D eigenvalue weighted by molar-refractivity contribution is 0.151. The number of nitrogens with one attached hydrogen (secondary N) is 2. The first-order valence-electron chi connectivity index (χ1n) is 5.03. The summed E-state index contributed by atoms with van der Waals surface area (Å²) in [5.41, 5.74) is 17.2. The molecule has 0 aliphatic carbocycles. The van der Waals surface area contributed by atoms with Gasteiger partial charge >= 0.3 is 0 Å². The molecule has 6 N–H and O–H groups in total. The lowest BCUT2D eigenvalue weighted by Crippen LogP contribution is -2.54. The molecule has 17 heavy (non-hydrogen) atoms. The van der Waals surface area contributed by atoms with E-state index in [-0.39, 0.29) is 17.9 Å². The van der Waals surface area contributed by atoms with E-state index in [0.29, 0.717) is 5.56 Å². The molecule has 1 aromatic rings. The Hall–Kier alpha value is -1.73. The lowest BCUT2D eigenvalue weighted by atomic mass is 10.0. The summed E-state index contributed by atoms with van der Waals surface area (Å²) < 4.78 is 25.0. The van der Waals surface area contributed by atoms with Gasteiger partial charge in [0.2, 0.25) is 5.96 Å². The van der Waals surface area contributed by atoms with E-state index in [1.165, 1.54) is 12.1 Å². The van der Waals surface area contributed by atoms with E-state index in [9.17, 15) is 8.78 Å². The Morgan fingerprint density at radius 1 is 1.41 bits per heavy atom. The van der Waals surface area contributed by atoms with Gasteiger partial charge in [-0.15, -0.1) is 0 Å². The first kappa shape index (κ1) is 11.7. The molecule has 0 radical (unpaired) electrons. The predicted octanol–water partition coefficient (Wildman–Crippen LogP) is 0.202. The minimum atomic E-state index is -2.49. The molecule has 0 fully saturated rings. The Kier molecular flexibility index (Phi) is 2.95. The molecule has 1 aliphatic heterocycles. The number of benzene rings is 1. The van der Waals surface area contributed by atoms with Crippen LogP contribution >= 0.6 is 0 Å². The SMILES string of the molecule is NC1=NC(N)(Cc2cccc(C(F)F)c2)NN1. The second-order valence-electron chi connectivity index (χ2n) is 3.89. The molecule has 0 bridgehead atoms. The molecular weight excluding hydrogens is 228 g/mol. The van der Waals surface area contributed by atoms with Gasteiger partial charge in [0.1, 0.15) is 0 Å². The molecule has 1 aliphatic rings. The number of halogens is 2. The fraction of sp³-hybridized carbons (Fsp3) is 0.300. The maximum Gasteiger partial charge on any atom is 0.263 e. The van der Waals surface area contributed by atoms with Crippen molar-refractivity contribution in [1.29, 1.82) is 0 Å². The smallest absolute Gasteiger partial charge is 0.263 e. The second-order valence-corrected chi connectivity index (χ2v) is 3.89. The highest BCUT2D eigenvalue weighted by Crippen LogP contribution is 2.21. The van der Waals surface area contributed by atoms with Gasteiger partial charge in [-0.2, -0.15) is 5.43 Å². The van der Waals surface area contributed by atoms with Crippen LogP contribution in [-0.4, -0.2) is 11.7 Å². The third-order valence-corrected chi connectivity index (χ3v) is 2.40. The Morgan fingerprint density at radius 2 is 2.18 bits per heavy atom. The monoisotopic (exact) mass is 241 g/mol. The fourth-order valence-electron chi connectivity index (χ4n) is 1.68. The Bertz CT molecular complexity index is 448. The average molecular weight is 241 g/mol. The standard InChI is InChI=1S/C10H13F2N5/c11-8(12)7-3-1-2-6(4-7)5-10(14)15-9(13)16-17-10/h1-4,8,17H,5,14H2,(H3,13,15,16). The molecule has 7 heteroatoms. The number of hydrogen-bond donors (Lipinski definition) is 4. The number of rotatable bonds is 3. The van der Waals surface area contributed by atoms with Gasteiger partial charge in [-0.1, -0.05) is 18.2 Å². The van der Waals surface area contributed by atoms with E-state index in [1.807, 2.05) is 0 Å². The average Bonchev–Trinajstić information content (AvgIpc) is 2.58. The van der Waals surface area contributed by atoms with Crippen molar-refractivity contribution in [2.75, 3.05) is 0 Å². The van der Waals surface area contributed by atoms with Gasteiger partial charge in [-0.3, -0.25) is 11.2 Å². The van der Waals surface area contributed by atoms with Crippen LogP contribution in [0.15, 0.2) is 29.3 Å². The molecule has 0 saturated carbocycles. The molecule has 0 spiro atoms. The first-order chi connectivity index (χ1) is 7.98. The summed E-state index contributed by atoms with van der Waals surface area (Å²) >= 11 is 0. The molecule has 1 atom stereocenters. The second kappa shape index (κ2) is 4.27. The minimum absolute atomic E-state index is 0.0333. The van der Waals surface area contributed by atoms with Crippen LogP contribution in [0.25, 0.3) is 0 Å². The van der Waals surface area contributed by atoms with Crippen LogP contribution in [0.5, 0.6) is 0 Å². The van der Waals surface area contributed by atoms with Gasteiger partial charge in [-0.05, 0) is 11.6 Å². The Balaban J connectivity index is 2.16. The zero-order valence-corrected chi connectivity index (χ0v) is 8.95. The van der Waals surface area contributed by atoms with Crippen molar-refractivity contribution < 1.29 is 8.78 Å². The highest BCUT2D eigenvalue weighted by molar-refractivity contribution is 5.79. The molecule has 1 aromatic carbocycles. The van der Waals surface area contributed by atoms with Crippen LogP contribution in [0.1, 0.15) is 17.6 Å². The molecule has 92 valence electrons. The molecule has 0 aromatic heterocycles. The summed E-state index contributed by atoms with van der Waals surface area (Å²) in [6.07, 6.45) is -2.23. The van der Waals surface area contributed by atoms with Crippen molar-refractivity contribution in [2.45, 2.75) is 18.6 Å². The summed E-state index contributed by atoms with van der Waals surface area (Å²) in [5, 5.41) is 0. The van der Waals surface area contributed by atoms with Crippen molar-refractivity contribution in [3.63, 3.8) is 0 Å². The van der Waals surface area contributed by atoms with Gasteiger partial charge < -0.3 is 5.73 Å². The van der Waals surface area contributed by atoms with Crippen molar-refractivity contribution in [3.05, 3.63) is 35.4 Å². The van der Waals surface area contributed by atoms with Crippen LogP contribution < -0.4 is 22.3 Å². The van der Waals surface area contributed by atoms with E-state index in [1.54, 1.807) is 12.1 Å². The highest BCUT2D eigenvalue weighted by Gasteiger charge is 2.29. The van der Waals surface area contributed by atoms with Crippen molar-refractivity contribution in [3.8, 4) is 0 Å². The summed E-state index contributed by atoms with van der Waals surface area (Å²) in [4.78, 5) is 3.95.